The summed E-state index contributed by atoms with van der Waals surface area (Å²) in [6, 6.07) is 12.0. The zero-order chi connectivity index (χ0) is 26.3. The number of carbonyl (C=O) groups is 1. The number of methoxy groups -OCH3 is 1. The summed E-state index contributed by atoms with van der Waals surface area (Å²) in [6.45, 7) is 0. The molecule has 0 aliphatic heterocycles. The minimum atomic E-state index is -4.80. The lowest BCUT2D eigenvalue weighted by Crippen LogP contribution is -2.26. The van der Waals surface area contributed by atoms with Crippen molar-refractivity contribution in [1.29, 1.82) is 0 Å². The van der Waals surface area contributed by atoms with Crippen LogP contribution in [0.1, 0.15) is 16.1 Å². The maximum absolute atomic E-state index is 13.9. The number of benzene rings is 2. The molecule has 188 valence electrons. The molecule has 0 N–H and O–H groups in total. The number of anilines is 1. The van der Waals surface area contributed by atoms with Gasteiger partial charge in [0.25, 0.3) is 5.91 Å². The second kappa shape index (κ2) is 9.26. The Bertz CT molecular complexity index is 1420. The third-order valence-electron chi connectivity index (χ3n) is 5.12. The van der Waals surface area contributed by atoms with Gasteiger partial charge in [0.1, 0.15) is 17.1 Å². The largest absolute Gasteiger partial charge is 0.497 e. The molecule has 36 heavy (non-hydrogen) atoms. The van der Waals surface area contributed by atoms with Gasteiger partial charge < -0.3 is 14.4 Å². The fraction of sp³-hybridized carbons (Fsp3) is 0.174. The Hall–Kier alpha value is -3.93. The van der Waals surface area contributed by atoms with Crippen molar-refractivity contribution in [3.8, 4) is 22.8 Å². The van der Waals surface area contributed by atoms with Crippen molar-refractivity contribution in [1.82, 2.24) is 14.6 Å². The standard InChI is InChI=1S/C23H16ClF5N4O3/c1-32(14-6-8-15(9-7-14)36-23(24,28)29)21(34)17-12-30-33-19(22(25,26)27)11-18(31-20(17)33)13-4-3-5-16(10-13)35-2/h3-12H,1-2H3. The Morgan fingerprint density at radius 2 is 1.72 bits per heavy atom. The first-order valence-electron chi connectivity index (χ1n) is 10.1. The topological polar surface area (TPSA) is 69.0 Å². The first kappa shape index (κ1) is 25.2. The number of amides is 1. The maximum atomic E-state index is 13.9. The van der Waals surface area contributed by atoms with E-state index in [0.29, 0.717) is 15.8 Å². The molecule has 2 aromatic heterocycles. The molecule has 1 amide bonds. The Kier molecular flexibility index (Phi) is 6.48. The van der Waals surface area contributed by atoms with Crippen molar-refractivity contribution < 1.29 is 36.2 Å². The summed E-state index contributed by atoms with van der Waals surface area (Å²) in [4.78, 5) is 18.6. The SMILES string of the molecule is COc1cccc(-c2cc(C(F)(F)F)n3ncc(C(=O)N(C)c4ccc(OC(F)(F)Cl)cc4)c3n2)c1. The maximum Gasteiger partial charge on any atom is 0.487 e. The lowest BCUT2D eigenvalue weighted by atomic mass is 10.1. The van der Waals surface area contributed by atoms with Gasteiger partial charge in [0, 0.05) is 29.9 Å². The molecule has 4 aromatic rings. The van der Waals surface area contributed by atoms with Gasteiger partial charge in [0.15, 0.2) is 11.3 Å². The average Bonchev–Trinajstić information content (AvgIpc) is 3.25. The lowest BCUT2D eigenvalue weighted by molar-refractivity contribution is -0.142. The van der Waals surface area contributed by atoms with E-state index in [-0.39, 0.29) is 28.3 Å². The number of aromatic nitrogens is 3. The predicted molar refractivity (Wildman–Crippen MR) is 121 cm³/mol. The molecule has 0 atom stereocenters. The van der Waals surface area contributed by atoms with Crippen LogP contribution in [0.5, 0.6) is 11.5 Å². The molecule has 2 aromatic carbocycles. The van der Waals surface area contributed by atoms with Gasteiger partial charge >= 0.3 is 11.7 Å². The zero-order valence-corrected chi connectivity index (χ0v) is 19.3. The highest BCUT2D eigenvalue weighted by molar-refractivity contribution is 6.20. The molecule has 13 heteroatoms. The quantitative estimate of drug-likeness (QED) is 0.232. The van der Waals surface area contributed by atoms with E-state index in [2.05, 4.69) is 14.8 Å². The smallest absolute Gasteiger partial charge is 0.487 e. The number of hydrogen-bond acceptors (Lipinski definition) is 5. The van der Waals surface area contributed by atoms with Gasteiger partial charge in [-0.1, -0.05) is 12.1 Å². The van der Waals surface area contributed by atoms with Crippen molar-refractivity contribution in [2.45, 2.75) is 11.7 Å². The summed E-state index contributed by atoms with van der Waals surface area (Å²) in [5, 5.41) is 3.75. The molecule has 2 heterocycles. The van der Waals surface area contributed by atoms with E-state index in [4.69, 9.17) is 16.3 Å². The summed E-state index contributed by atoms with van der Waals surface area (Å²) >= 11 is 4.74. The van der Waals surface area contributed by atoms with Crippen LogP contribution in [0.25, 0.3) is 16.9 Å². The highest BCUT2D eigenvalue weighted by Gasteiger charge is 2.36. The van der Waals surface area contributed by atoms with Gasteiger partial charge in [-0.05, 0) is 42.5 Å². The van der Waals surface area contributed by atoms with Crippen LogP contribution in [-0.2, 0) is 6.18 Å². The van der Waals surface area contributed by atoms with Gasteiger partial charge in [-0.2, -0.15) is 18.3 Å². The number of carbonyl (C=O) groups excluding carboxylic acids is 1. The van der Waals surface area contributed by atoms with Crippen LogP contribution in [0.15, 0.2) is 60.8 Å². The number of ether oxygens (including phenoxy) is 2. The lowest BCUT2D eigenvalue weighted by Gasteiger charge is -2.18. The highest BCUT2D eigenvalue weighted by atomic mass is 35.5. The Morgan fingerprint density at radius 3 is 2.33 bits per heavy atom. The Balaban J connectivity index is 1.76. The molecule has 0 unspecified atom stereocenters. The number of halogens is 6. The molecular weight excluding hydrogens is 511 g/mol. The third-order valence-corrected chi connectivity index (χ3v) is 5.20. The van der Waals surface area contributed by atoms with E-state index in [0.717, 1.165) is 29.3 Å². The first-order valence-corrected chi connectivity index (χ1v) is 10.5. The van der Waals surface area contributed by atoms with Gasteiger partial charge in [-0.15, -0.1) is 8.78 Å². The fourth-order valence-electron chi connectivity index (χ4n) is 3.42. The molecular formula is C23H16ClF5N4O3. The van der Waals surface area contributed by atoms with E-state index < -0.39 is 23.3 Å². The molecule has 0 aliphatic rings. The molecule has 0 saturated heterocycles. The molecule has 0 fully saturated rings. The number of alkyl halides is 6. The van der Waals surface area contributed by atoms with Crippen LogP contribution in [-0.4, -0.2) is 40.2 Å². The summed E-state index contributed by atoms with van der Waals surface area (Å²) in [6.07, 6.45) is -3.81. The average molecular weight is 527 g/mol. The third kappa shape index (κ3) is 5.18. The summed E-state index contributed by atoms with van der Waals surface area (Å²) in [5.41, 5.74) is -5.04. The van der Waals surface area contributed by atoms with Crippen molar-refractivity contribution in [3.63, 3.8) is 0 Å². The molecule has 0 spiro atoms. The van der Waals surface area contributed by atoms with E-state index in [1.54, 1.807) is 18.2 Å². The second-order valence-electron chi connectivity index (χ2n) is 7.46. The van der Waals surface area contributed by atoms with E-state index in [1.165, 1.54) is 32.4 Å². The molecule has 4 rings (SSSR count). The zero-order valence-electron chi connectivity index (χ0n) is 18.6. The van der Waals surface area contributed by atoms with Crippen molar-refractivity contribution in [2.24, 2.45) is 0 Å². The van der Waals surface area contributed by atoms with E-state index in [9.17, 15) is 26.7 Å². The van der Waals surface area contributed by atoms with Crippen LogP contribution in [0.4, 0.5) is 27.6 Å². The number of hydrogen-bond donors (Lipinski definition) is 0. The molecule has 7 nitrogen and oxygen atoms in total. The molecule has 0 bridgehead atoms. The van der Waals surface area contributed by atoms with Crippen LogP contribution >= 0.6 is 11.6 Å². The summed E-state index contributed by atoms with van der Waals surface area (Å²) in [7, 11) is 2.77. The van der Waals surface area contributed by atoms with E-state index in [1.807, 2.05) is 0 Å². The van der Waals surface area contributed by atoms with E-state index >= 15 is 0 Å². The van der Waals surface area contributed by atoms with Gasteiger partial charge in [-0.25, -0.2) is 9.50 Å². The molecule has 0 saturated carbocycles. The fourth-order valence-corrected chi connectivity index (χ4v) is 3.50. The van der Waals surface area contributed by atoms with Crippen molar-refractivity contribution >= 4 is 28.8 Å². The number of nitrogens with zero attached hydrogens (tertiary/aromatic N) is 4. The normalized spacial score (nSPS) is 12.0. The van der Waals surface area contributed by atoms with Crippen LogP contribution in [0.3, 0.4) is 0 Å². The Morgan fingerprint density at radius 1 is 1.03 bits per heavy atom. The number of fused-ring (bicyclic) bond motifs is 1. The van der Waals surface area contributed by atoms with Crippen LogP contribution < -0.4 is 14.4 Å². The molecule has 0 aliphatic carbocycles. The molecule has 0 radical (unpaired) electrons. The Labute approximate surface area is 205 Å². The summed E-state index contributed by atoms with van der Waals surface area (Å²) < 4.78 is 77.1. The van der Waals surface area contributed by atoms with Gasteiger partial charge in [-0.3, -0.25) is 4.79 Å². The van der Waals surface area contributed by atoms with Crippen molar-refractivity contribution in [2.75, 3.05) is 19.1 Å². The van der Waals surface area contributed by atoms with Gasteiger partial charge in [0.05, 0.1) is 19.0 Å². The van der Waals surface area contributed by atoms with Gasteiger partial charge in [0.2, 0.25) is 0 Å². The highest BCUT2D eigenvalue weighted by Crippen LogP contribution is 2.34. The first-order chi connectivity index (χ1) is 16.9. The van der Waals surface area contributed by atoms with Crippen LogP contribution in [0, 0.1) is 0 Å². The van der Waals surface area contributed by atoms with Crippen molar-refractivity contribution in [3.05, 3.63) is 72.1 Å². The number of rotatable bonds is 6. The second-order valence-corrected chi connectivity index (χ2v) is 7.90. The minimum absolute atomic E-state index is 0.0468. The summed E-state index contributed by atoms with van der Waals surface area (Å²) in [5.74, 6) is -0.577. The van der Waals surface area contributed by atoms with Crippen LogP contribution in [0.2, 0.25) is 0 Å². The minimum Gasteiger partial charge on any atom is -0.497 e. The monoisotopic (exact) mass is 526 g/mol. The predicted octanol–water partition coefficient (Wildman–Crippen LogP) is 5.87.